The van der Waals surface area contributed by atoms with E-state index in [1.165, 1.54) is 20.8 Å². The van der Waals surface area contributed by atoms with Crippen molar-refractivity contribution in [3.05, 3.63) is 0 Å². The highest BCUT2D eigenvalue weighted by atomic mass is 16.8. The number of fused-ring (bicyclic) bond motifs is 3. The number of hydrogen-bond acceptors (Lipinski definition) is 25. The number of rotatable bonds is 23. The fourth-order valence-electron chi connectivity index (χ4n) is 12.0. The lowest BCUT2D eigenvalue weighted by Crippen LogP contribution is -2.68. The second-order valence-corrected chi connectivity index (χ2v) is 24.6. The third-order valence-corrected chi connectivity index (χ3v) is 17.7. The summed E-state index contributed by atoms with van der Waals surface area (Å²) in [6.07, 6.45) is -23.2. The van der Waals surface area contributed by atoms with Crippen LogP contribution >= 0.6 is 0 Å². The van der Waals surface area contributed by atoms with Crippen molar-refractivity contribution in [2.24, 2.45) is 5.92 Å². The molecule has 6 fully saturated rings. The van der Waals surface area contributed by atoms with Crippen LogP contribution < -0.4 is 0 Å². The van der Waals surface area contributed by atoms with Crippen molar-refractivity contribution < 1.29 is 122 Å². The number of aliphatic hydroxyl groups excluding tert-OH is 9. The van der Waals surface area contributed by atoms with Crippen molar-refractivity contribution in [2.75, 3.05) is 6.61 Å². The van der Waals surface area contributed by atoms with Gasteiger partial charge in [-0.05, 0) is 59.8 Å². The molecule has 6 aliphatic heterocycles. The van der Waals surface area contributed by atoms with E-state index >= 15 is 0 Å². The van der Waals surface area contributed by atoms with Crippen LogP contribution in [0.4, 0.5) is 0 Å². The predicted molar refractivity (Wildman–Crippen MR) is 303 cm³/mol. The molecular formula is C61H106O25. The fraction of sp³-hybridized carbons (Fsp3) is 0.951. The summed E-state index contributed by atoms with van der Waals surface area (Å²) >= 11 is 0. The lowest BCUT2D eigenvalue weighted by atomic mass is 9.95. The molecule has 27 unspecified atom stereocenters. The number of hydrogen-bond donors (Lipinski definition) is 9. The Morgan fingerprint density at radius 3 is 1.73 bits per heavy atom. The molecule has 0 amide bonds. The van der Waals surface area contributed by atoms with E-state index in [0.29, 0.717) is 38.5 Å². The maximum absolute atomic E-state index is 14.3. The number of carbonyl (C=O) groups is 3. The van der Waals surface area contributed by atoms with Crippen molar-refractivity contribution in [1.29, 1.82) is 0 Å². The van der Waals surface area contributed by atoms with E-state index in [-0.39, 0.29) is 18.9 Å². The van der Waals surface area contributed by atoms with E-state index < -0.39 is 184 Å². The summed E-state index contributed by atoms with van der Waals surface area (Å²) in [5.74, 6) is -2.66. The summed E-state index contributed by atoms with van der Waals surface area (Å²) in [6, 6.07) is 0. The van der Waals surface area contributed by atoms with Gasteiger partial charge >= 0.3 is 17.9 Å². The third-order valence-electron chi connectivity index (χ3n) is 17.7. The number of ether oxygens (including phenoxy) is 13. The average molecular weight is 1240 g/mol. The first-order chi connectivity index (χ1) is 41.1. The molecule has 6 saturated heterocycles. The molecule has 9 N–H and O–H groups in total. The molecule has 0 aromatic heterocycles. The van der Waals surface area contributed by atoms with E-state index in [9.17, 15) is 60.3 Å². The van der Waals surface area contributed by atoms with Gasteiger partial charge in [0.15, 0.2) is 49.8 Å². The molecule has 0 aromatic carbocycles. The van der Waals surface area contributed by atoms with Crippen LogP contribution in [0.5, 0.6) is 0 Å². The Bertz CT molecular complexity index is 1970. The van der Waals surface area contributed by atoms with Crippen molar-refractivity contribution in [3.63, 3.8) is 0 Å². The standard InChI is InChI=1S/C61H106O25/c1-9-12-13-14-15-16-19-22-26-30-40(64)81-55-54(86-58-46(70)43(67)42(66)38(31-62)79-58)51(83-57-47(71)45(69)49(34(6)75-57)82-56(73)32(4)11-3)36(8)77-61(55)84-50-35(7)76-59-48(72)52(50)80-39(63)29-25-23-20-17-18-21-24-28-37(27-10-2)78-60-53(85-59)44(68)41(65)33(5)74-60/h32-38,41-55,57-62,65-72H,9-31H2,1-8H3. The number of esters is 3. The predicted octanol–water partition coefficient (Wildman–Crippen LogP) is 3.52. The summed E-state index contributed by atoms with van der Waals surface area (Å²) in [5.41, 5.74) is 0. The monoisotopic (exact) mass is 1240 g/mol. The van der Waals surface area contributed by atoms with Gasteiger partial charge in [-0.15, -0.1) is 0 Å². The minimum absolute atomic E-state index is 0.0435. The second-order valence-electron chi connectivity index (χ2n) is 24.6. The minimum atomic E-state index is -2.02. The fourth-order valence-corrected chi connectivity index (χ4v) is 12.0. The normalized spacial score (nSPS) is 42.0. The van der Waals surface area contributed by atoms with Gasteiger partial charge in [-0.25, -0.2) is 0 Å². The molecule has 500 valence electrons. The zero-order valence-corrected chi connectivity index (χ0v) is 51.9. The molecule has 6 heterocycles. The summed E-state index contributed by atoms with van der Waals surface area (Å²) in [6.45, 7) is 12.9. The Balaban J connectivity index is 1.37. The molecule has 25 nitrogen and oxygen atoms in total. The highest BCUT2D eigenvalue weighted by Crippen LogP contribution is 2.39. The quantitative estimate of drug-likeness (QED) is 0.0401. The van der Waals surface area contributed by atoms with Gasteiger partial charge in [-0.1, -0.05) is 124 Å². The Morgan fingerprint density at radius 1 is 0.500 bits per heavy atom. The lowest BCUT2D eigenvalue weighted by Gasteiger charge is -2.51. The molecule has 6 aliphatic rings. The molecule has 2 bridgehead atoms. The van der Waals surface area contributed by atoms with Gasteiger partial charge in [0, 0.05) is 12.8 Å². The van der Waals surface area contributed by atoms with Gasteiger partial charge in [0.2, 0.25) is 0 Å². The molecule has 0 radical (unpaired) electrons. The van der Waals surface area contributed by atoms with E-state index in [4.69, 9.17) is 61.6 Å². The summed E-state index contributed by atoms with van der Waals surface area (Å²) in [7, 11) is 0. The molecule has 86 heavy (non-hydrogen) atoms. The van der Waals surface area contributed by atoms with Gasteiger partial charge in [0.05, 0.1) is 43.0 Å². The first kappa shape index (κ1) is 72.7. The zero-order valence-electron chi connectivity index (χ0n) is 51.9. The topological polar surface area (TPSA) is 353 Å². The van der Waals surface area contributed by atoms with Crippen molar-refractivity contribution in [1.82, 2.24) is 0 Å². The van der Waals surface area contributed by atoms with Crippen molar-refractivity contribution in [3.8, 4) is 0 Å². The first-order valence-corrected chi connectivity index (χ1v) is 32.3. The second kappa shape index (κ2) is 36.0. The molecule has 6 rings (SSSR count). The SMILES string of the molecule is CCCCCCCCCCCC(=O)OC1C(OC2C(C)OC3OC4C(OC(CCC)CCCCCCCCCC(=O)OC2C3O)OC(C)C(O)C4O)OC(C)C(OC2OC(C)C(OC(=O)C(C)CC)C(O)C2O)C1OC1OC(CO)C(O)C(O)C1O. The molecular weight excluding hydrogens is 1130 g/mol. The molecule has 0 spiro atoms. The third kappa shape index (κ3) is 19.8. The van der Waals surface area contributed by atoms with Crippen molar-refractivity contribution in [2.45, 2.75) is 356 Å². The van der Waals surface area contributed by atoms with Crippen molar-refractivity contribution >= 4 is 17.9 Å². The smallest absolute Gasteiger partial charge is 0.309 e. The van der Waals surface area contributed by atoms with Crippen LogP contribution in [0.15, 0.2) is 0 Å². The Kier molecular flexibility index (Phi) is 30.5. The molecule has 25 heteroatoms. The maximum Gasteiger partial charge on any atom is 0.309 e. The highest BCUT2D eigenvalue weighted by Gasteiger charge is 2.59. The van der Waals surface area contributed by atoms with Crippen LogP contribution in [0.1, 0.15) is 197 Å². The largest absolute Gasteiger partial charge is 0.457 e. The van der Waals surface area contributed by atoms with Crippen LogP contribution in [0.2, 0.25) is 0 Å². The molecule has 0 saturated carbocycles. The van der Waals surface area contributed by atoms with Crippen LogP contribution in [0.25, 0.3) is 0 Å². The van der Waals surface area contributed by atoms with Gasteiger partial charge < -0.3 is 108 Å². The van der Waals surface area contributed by atoms with Crippen LogP contribution in [0, 0.1) is 5.92 Å². The number of unbranched alkanes of at least 4 members (excludes halogenated alkanes) is 8. The average Bonchev–Trinajstić information content (AvgIpc) is 1.00. The summed E-state index contributed by atoms with van der Waals surface area (Å²) in [4.78, 5) is 41.3. The van der Waals surface area contributed by atoms with Gasteiger partial charge in [0.1, 0.15) is 79.4 Å². The highest BCUT2D eigenvalue weighted by molar-refractivity contribution is 5.72. The Morgan fingerprint density at radius 2 is 1.07 bits per heavy atom. The lowest BCUT2D eigenvalue weighted by molar-refractivity contribution is -0.400. The van der Waals surface area contributed by atoms with Gasteiger partial charge in [-0.3, -0.25) is 14.4 Å². The molecule has 0 aromatic rings. The maximum atomic E-state index is 14.3. The van der Waals surface area contributed by atoms with E-state index in [1.807, 2.05) is 6.92 Å². The van der Waals surface area contributed by atoms with Crippen LogP contribution in [-0.2, 0) is 76.0 Å². The summed E-state index contributed by atoms with van der Waals surface area (Å²) in [5, 5.41) is 102. The minimum Gasteiger partial charge on any atom is -0.457 e. The van der Waals surface area contributed by atoms with E-state index in [1.54, 1.807) is 20.8 Å². The molecule has 0 aliphatic carbocycles. The summed E-state index contributed by atoms with van der Waals surface area (Å²) < 4.78 is 81.8. The van der Waals surface area contributed by atoms with Crippen LogP contribution in [0.3, 0.4) is 0 Å². The Hall–Kier alpha value is -2.35. The Labute approximate surface area is 507 Å². The van der Waals surface area contributed by atoms with Gasteiger partial charge in [0.25, 0.3) is 0 Å². The number of carbonyl (C=O) groups excluding carboxylic acids is 3. The van der Waals surface area contributed by atoms with Crippen LogP contribution in [-0.4, -0.2) is 230 Å². The number of aliphatic hydroxyl groups is 9. The zero-order chi connectivity index (χ0) is 62.8. The van der Waals surface area contributed by atoms with E-state index in [0.717, 1.165) is 89.9 Å². The first-order valence-electron chi connectivity index (χ1n) is 32.3. The van der Waals surface area contributed by atoms with E-state index in [2.05, 4.69) is 6.92 Å². The molecule has 27 atom stereocenters. The van der Waals surface area contributed by atoms with Gasteiger partial charge in [-0.2, -0.15) is 0 Å².